The summed E-state index contributed by atoms with van der Waals surface area (Å²) in [6, 6.07) is 15.9. The molecular formula is C17H15ClN2OS. The van der Waals surface area contributed by atoms with Crippen molar-refractivity contribution in [2.75, 3.05) is 13.4 Å². The number of nitrogens with zero attached hydrogens (tertiary/aromatic N) is 2. The highest BCUT2D eigenvalue weighted by molar-refractivity contribution is 7.98. The van der Waals surface area contributed by atoms with Gasteiger partial charge >= 0.3 is 0 Å². The Hall–Kier alpha value is -1.91. The quantitative estimate of drug-likeness (QED) is 0.635. The molecule has 3 aromatic rings. The van der Waals surface area contributed by atoms with E-state index in [9.17, 15) is 0 Å². The topological polar surface area (TPSA) is 27.1 Å². The Balaban J connectivity index is 2.07. The van der Waals surface area contributed by atoms with Crippen molar-refractivity contribution in [3.8, 4) is 22.7 Å². The molecule has 0 aliphatic carbocycles. The van der Waals surface area contributed by atoms with Gasteiger partial charge in [-0.1, -0.05) is 53.7 Å². The fraction of sp³-hybridized carbons (Fsp3) is 0.118. The number of hydrogen-bond donors (Lipinski definition) is 0. The van der Waals surface area contributed by atoms with Crippen molar-refractivity contribution in [1.82, 2.24) is 9.55 Å². The summed E-state index contributed by atoms with van der Waals surface area (Å²) in [5.74, 6) is 0.666. The molecule has 0 N–H and O–H groups in total. The number of rotatable bonds is 4. The molecule has 22 heavy (non-hydrogen) atoms. The van der Waals surface area contributed by atoms with Crippen LogP contribution in [-0.4, -0.2) is 22.9 Å². The van der Waals surface area contributed by atoms with E-state index in [2.05, 4.69) is 12.1 Å². The van der Waals surface area contributed by atoms with Gasteiger partial charge in [0, 0.05) is 17.4 Å². The summed E-state index contributed by atoms with van der Waals surface area (Å²) in [6.45, 7) is 0. The molecule has 3 nitrogen and oxygen atoms in total. The number of imidazole rings is 1. The van der Waals surface area contributed by atoms with Crippen molar-refractivity contribution in [3.05, 3.63) is 59.8 Å². The molecule has 2 aromatic carbocycles. The number of halogens is 1. The molecule has 0 aliphatic heterocycles. The number of thioether (sulfide) groups is 1. The van der Waals surface area contributed by atoms with E-state index >= 15 is 0 Å². The van der Waals surface area contributed by atoms with Crippen molar-refractivity contribution < 1.29 is 4.74 Å². The second-order valence-electron chi connectivity index (χ2n) is 4.67. The Labute approximate surface area is 138 Å². The third-order valence-electron chi connectivity index (χ3n) is 3.34. The molecule has 0 bridgehead atoms. The lowest BCUT2D eigenvalue weighted by Gasteiger charge is -2.08. The first-order valence-electron chi connectivity index (χ1n) is 6.75. The van der Waals surface area contributed by atoms with Gasteiger partial charge in [-0.2, -0.15) is 0 Å². The summed E-state index contributed by atoms with van der Waals surface area (Å²) >= 11 is 7.83. The molecule has 0 radical (unpaired) electrons. The molecular weight excluding hydrogens is 316 g/mol. The van der Waals surface area contributed by atoms with E-state index in [1.807, 2.05) is 53.4 Å². The van der Waals surface area contributed by atoms with Gasteiger partial charge in [-0.25, -0.2) is 4.98 Å². The Bertz CT molecular complexity index is 787. The number of hydrogen-bond acceptors (Lipinski definition) is 3. The highest BCUT2D eigenvalue weighted by Crippen LogP contribution is 2.30. The van der Waals surface area contributed by atoms with Crippen LogP contribution in [0.3, 0.4) is 0 Å². The minimum absolute atomic E-state index is 0.585. The van der Waals surface area contributed by atoms with E-state index in [0.717, 1.165) is 22.1 Å². The van der Waals surface area contributed by atoms with Crippen LogP contribution in [0.1, 0.15) is 0 Å². The highest BCUT2D eigenvalue weighted by atomic mass is 35.5. The van der Waals surface area contributed by atoms with Crippen LogP contribution in [0.2, 0.25) is 5.02 Å². The molecule has 0 spiro atoms. The third kappa shape index (κ3) is 2.85. The Kier molecular flexibility index (Phi) is 4.41. The molecule has 0 fully saturated rings. The highest BCUT2D eigenvalue weighted by Gasteiger charge is 2.11. The number of methoxy groups -OCH3 is 1. The number of ether oxygens (including phenoxy) is 1. The van der Waals surface area contributed by atoms with Gasteiger partial charge < -0.3 is 4.74 Å². The van der Waals surface area contributed by atoms with Gasteiger partial charge in [0.1, 0.15) is 5.75 Å². The first-order valence-corrected chi connectivity index (χ1v) is 8.36. The van der Waals surface area contributed by atoms with Crippen molar-refractivity contribution in [1.29, 1.82) is 0 Å². The van der Waals surface area contributed by atoms with Crippen LogP contribution in [0, 0.1) is 0 Å². The van der Waals surface area contributed by atoms with Crippen LogP contribution in [0.5, 0.6) is 5.75 Å². The maximum atomic E-state index is 6.23. The van der Waals surface area contributed by atoms with Crippen LogP contribution in [0.25, 0.3) is 16.9 Å². The van der Waals surface area contributed by atoms with Gasteiger partial charge in [0.2, 0.25) is 0 Å². The van der Waals surface area contributed by atoms with Crippen molar-refractivity contribution in [2.45, 2.75) is 5.16 Å². The molecule has 0 unspecified atom stereocenters. The van der Waals surface area contributed by atoms with E-state index in [1.54, 1.807) is 18.9 Å². The largest absolute Gasteiger partial charge is 0.495 e. The van der Waals surface area contributed by atoms with Crippen LogP contribution < -0.4 is 4.74 Å². The molecule has 112 valence electrons. The average Bonchev–Trinajstić information content (AvgIpc) is 3.00. The summed E-state index contributed by atoms with van der Waals surface area (Å²) in [4.78, 5) is 4.70. The van der Waals surface area contributed by atoms with Crippen molar-refractivity contribution in [2.24, 2.45) is 0 Å². The zero-order valence-electron chi connectivity index (χ0n) is 12.3. The zero-order valence-corrected chi connectivity index (χ0v) is 13.9. The summed E-state index contributed by atoms with van der Waals surface area (Å²) in [7, 11) is 1.61. The molecule has 0 saturated carbocycles. The van der Waals surface area contributed by atoms with Gasteiger partial charge in [0.15, 0.2) is 5.16 Å². The van der Waals surface area contributed by atoms with E-state index in [1.165, 1.54) is 0 Å². The summed E-state index contributed by atoms with van der Waals surface area (Å²) in [5, 5.41) is 1.50. The van der Waals surface area contributed by atoms with Crippen molar-refractivity contribution in [3.63, 3.8) is 0 Å². The molecule has 1 aromatic heterocycles. The molecule has 0 amide bonds. The maximum Gasteiger partial charge on any atom is 0.172 e. The molecule has 0 atom stereocenters. The smallest absolute Gasteiger partial charge is 0.172 e. The van der Waals surface area contributed by atoms with Crippen LogP contribution in [-0.2, 0) is 0 Å². The normalized spacial score (nSPS) is 10.7. The minimum Gasteiger partial charge on any atom is -0.495 e. The van der Waals surface area contributed by atoms with Crippen LogP contribution in [0.15, 0.2) is 59.9 Å². The molecule has 0 aliphatic rings. The van der Waals surface area contributed by atoms with Gasteiger partial charge in [0.25, 0.3) is 0 Å². The Morgan fingerprint density at radius 1 is 1.14 bits per heavy atom. The second kappa shape index (κ2) is 6.46. The van der Waals surface area contributed by atoms with Crippen molar-refractivity contribution >= 4 is 23.4 Å². The standard InChI is InChI=1S/C17H15ClN2OS/c1-21-16-9-8-13(10-14(16)18)20-11-15(19-17(20)22-2)12-6-4-3-5-7-12/h3-11H,1-2H3. The maximum absolute atomic E-state index is 6.23. The van der Waals surface area contributed by atoms with Crippen LogP contribution >= 0.6 is 23.4 Å². The Morgan fingerprint density at radius 3 is 2.55 bits per heavy atom. The van der Waals surface area contributed by atoms with Crippen LogP contribution in [0.4, 0.5) is 0 Å². The van der Waals surface area contributed by atoms with Gasteiger partial charge in [-0.05, 0) is 24.5 Å². The Morgan fingerprint density at radius 2 is 1.91 bits per heavy atom. The molecule has 1 heterocycles. The lowest BCUT2D eigenvalue weighted by Crippen LogP contribution is -1.95. The zero-order chi connectivity index (χ0) is 15.5. The first kappa shape index (κ1) is 15.0. The predicted molar refractivity (Wildman–Crippen MR) is 92.3 cm³/mol. The lowest BCUT2D eigenvalue weighted by atomic mass is 10.2. The fourth-order valence-electron chi connectivity index (χ4n) is 2.25. The monoisotopic (exact) mass is 330 g/mol. The minimum atomic E-state index is 0.585. The first-order chi connectivity index (χ1) is 10.7. The van der Waals surface area contributed by atoms with E-state index in [0.29, 0.717) is 10.8 Å². The van der Waals surface area contributed by atoms with E-state index in [-0.39, 0.29) is 0 Å². The van der Waals surface area contributed by atoms with E-state index < -0.39 is 0 Å². The third-order valence-corrected chi connectivity index (χ3v) is 4.29. The van der Waals surface area contributed by atoms with Gasteiger partial charge in [-0.3, -0.25) is 4.57 Å². The second-order valence-corrected chi connectivity index (χ2v) is 5.85. The summed E-state index contributed by atoms with van der Waals surface area (Å²) in [5.41, 5.74) is 3.00. The number of aromatic nitrogens is 2. The van der Waals surface area contributed by atoms with E-state index in [4.69, 9.17) is 21.3 Å². The fourth-order valence-corrected chi connectivity index (χ4v) is 3.04. The summed E-state index contributed by atoms with van der Waals surface area (Å²) in [6.07, 6.45) is 4.04. The average molecular weight is 331 g/mol. The lowest BCUT2D eigenvalue weighted by molar-refractivity contribution is 0.415. The molecule has 0 saturated heterocycles. The SMILES string of the molecule is COc1ccc(-n2cc(-c3ccccc3)nc2SC)cc1Cl. The van der Waals surface area contributed by atoms with Gasteiger partial charge in [0.05, 0.1) is 17.8 Å². The molecule has 5 heteroatoms. The molecule has 3 rings (SSSR count). The summed E-state index contributed by atoms with van der Waals surface area (Å²) < 4.78 is 7.24. The predicted octanol–water partition coefficient (Wildman–Crippen LogP) is 4.92. The van der Waals surface area contributed by atoms with Gasteiger partial charge in [-0.15, -0.1) is 0 Å². The number of benzene rings is 2.